The third kappa shape index (κ3) is 5.30. The van der Waals surface area contributed by atoms with E-state index < -0.39 is 0 Å². The Balaban J connectivity index is 2.69. The predicted molar refractivity (Wildman–Crippen MR) is 79.5 cm³/mol. The summed E-state index contributed by atoms with van der Waals surface area (Å²) in [7, 11) is 0. The number of hydrogen-bond donors (Lipinski definition) is 0. The smallest absolute Gasteiger partial charge is 0.123 e. The van der Waals surface area contributed by atoms with E-state index in [0.717, 1.165) is 37.2 Å². The zero-order chi connectivity index (χ0) is 13.6. The molecule has 1 unspecified atom stereocenters. The molecule has 1 nitrogen and oxygen atoms in total. The van der Waals surface area contributed by atoms with E-state index in [4.69, 9.17) is 16.3 Å². The van der Waals surface area contributed by atoms with Gasteiger partial charge in [0.2, 0.25) is 0 Å². The molecule has 102 valence electrons. The average molecular weight is 269 g/mol. The molecule has 0 spiro atoms. The van der Waals surface area contributed by atoms with Gasteiger partial charge in [-0.3, -0.25) is 0 Å². The summed E-state index contributed by atoms with van der Waals surface area (Å²) in [5, 5.41) is 0.0391. The molecule has 1 aromatic rings. The van der Waals surface area contributed by atoms with E-state index in [1.54, 1.807) is 0 Å². The van der Waals surface area contributed by atoms with Gasteiger partial charge in [-0.1, -0.05) is 45.9 Å². The molecule has 0 aliphatic heterocycles. The van der Waals surface area contributed by atoms with Crippen LogP contribution in [0.5, 0.6) is 5.75 Å². The Kier molecular flexibility index (Phi) is 6.01. The summed E-state index contributed by atoms with van der Waals surface area (Å²) in [6.07, 6.45) is 3.12. The topological polar surface area (TPSA) is 9.23 Å². The second kappa shape index (κ2) is 7.04. The van der Waals surface area contributed by atoms with Gasteiger partial charge < -0.3 is 4.74 Å². The Labute approximate surface area is 116 Å². The minimum Gasteiger partial charge on any atom is -0.493 e. The monoisotopic (exact) mass is 268 g/mol. The first-order chi connectivity index (χ1) is 8.44. The Hall–Kier alpha value is -0.690. The van der Waals surface area contributed by atoms with E-state index in [1.807, 2.05) is 18.2 Å². The zero-order valence-corrected chi connectivity index (χ0v) is 12.8. The quantitative estimate of drug-likeness (QED) is 0.612. The van der Waals surface area contributed by atoms with Crippen molar-refractivity contribution in [1.82, 2.24) is 0 Å². The molecule has 0 amide bonds. The highest BCUT2D eigenvalue weighted by Gasteiger charge is 2.17. The van der Waals surface area contributed by atoms with Gasteiger partial charge in [-0.05, 0) is 30.7 Å². The van der Waals surface area contributed by atoms with Crippen molar-refractivity contribution in [3.63, 3.8) is 0 Å². The van der Waals surface area contributed by atoms with Gasteiger partial charge in [0.05, 0.1) is 12.0 Å². The summed E-state index contributed by atoms with van der Waals surface area (Å²) in [6, 6.07) is 8.12. The number of para-hydroxylation sites is 1. The van der Waals surface area contributed by atoms with Gasteiger partial charge in [0.1, 0.15) is 5.75 Å². The van der Waals surface area contributed by atoms with Gasteiger partial charge in [0.15, 0.2) is 0 Å². The average Bonchev–Trinajstić information content (AvgIpc) is 2.33. The highest BCUT2D eigenvalue weighted by Crippen LogP contribution is 2.36. The van der Waals surface area contributed by atoms with Gasteiger partial charge >= 0.3 is 0 Å². The van der Waals surface area contributed by atoms with E-state index in [-0.39, 0.29) is 5.38 Å². The molecule has 0 saturated heterocycles. The molecule has 0 aliphatic rings. The first-order valence-corrected chi connectivity index (χ1v) is 7.23. The zero-order valence-electron chi connectivity index (χ0n) is 12.0. The fourth-order valence-electron chi connectivity index (χ4n) is 1.80. The third-order valence-electron chi connectivity index (χ3n) is 2.87. The lowest BCUT2D eigenvalue weighted by Crippen LogP contribution is -2.07. The standard InChI is InChI=1S/C16H25ClO/c1-5-12-18-15-9-7-6-8-13(15)14(17)10-11-16(2,3)4/h6-9,14H,5,10-12H2,1-4H3. The molecular formula is C16H25ClO. The summed E-state index contributed by atoms with van der Waals surface area (Å²) in [5.41, 5.74) is 1.45. The number of benzene rings is 1. The van der Waals surface area contributed by atoms with Crippen molar-refractivity contribution in [2.24, 2.45) is 5.41 Å². The maximum atomic E-state index is 6.52. The van der Waals surface area contributed by atoms with Crippen molar-refractivity contribution >= 4 is 11.6 Å². The van der Waals surface area contributed by atoms with Crippen molar-refractivity contribution in [1.29, 1.82) is 0 Å². The van der Waals surface area contributed by atoms with E-state index >= 15 is 0 Å². The van der Waals surface area contributed by atoms with Crippen LogP contribution in [0.1, 0.15) is 57.9 Å². The van der Waals surface area contributed by atoms with Crippen LogP contribution in [-0.4, -0.2) is 6.61 Å². The largest absolute Gasteiger partial charge is 0.493 e. The second-order valence-electron chi connectivity index (χ2n) is 5.95. The first kappa shape index (κ1) is 15.4. The van der Waals surface area contributed by atoms with Crippen LogP contribution >= 0.6 is 11.6 Å². The Morgan fingerprint density at radius 1 is 1.22 bits per heavy atom. The number of rotatable bonds is 6. The molecule has 1 atom stereocenters. The first-order valence-electron chi connectivity index (χ1n) is 6.80. The van der Waals surface area contributed by atoms with Crippen molar-refractivity contribution in [3.05, 3.63) is 29.8 Å². The molecule has 0 aliphatic carbocycles. The SMILES string of the molecule is CCCOc1ccccc1C(Cl)CCC(C)(C)C. The van der Waals surface area contributed by atoms with Crippen LogP contribution in [0.15, 0.2) is 24.3 Å². The highest BCUT2D eigenvalue weighted by atomic mass is 35.5. The summed E-state index contributed by atoms with van der Waals surface area (Å²) < 4.78 is 5.75. The Morgan fingerprint density at radius 3 is 2.50 bits per heavy atom. The van der Waals surface area contributed by atoms with Gasteiger partial charge in [-0.25, -0.2) is 0 Å². The fourth-order valence-corrected chi connectivity index (χ4v) is 2.09. The molecule has 1 rings (SSSR count). The molecule has 0 heterocycles. The normalized spacial score (nSPS) is 13.4. The molecular weight excluding hydrogens is 244 g/mol. The van der Waals surface area contributed by atoms with Crippen LogP contribution in [0.2, 0.25) is 0 Å². The molecule has 0 fully saturated rings. The molecule has 0 aromatic heterocycles. The lowest BCUT2D eigenvalue weighted by atomic mass is 9.89. The summed E-state index contributed by atoms with van der Waals surface area (Å²) in [6.45, 7) is 9.60. The van der Waals surface area contributed by atoms with Crippen molar-refractivity contribution < 1.29 is 4.74 Å². The van der Waals surface area contributed by atoms with Crippen molar-refractivity contribution in [3.8, 4) is 5.75 Å². The van der Waals surface area contributed by atoms with Crippen LogP contribution in [0.4, 0.5) is 0 Å². The molecule has 1 aromatic carbocycles. The predicted octanol–water partition coefficient (Wildman–Crippen LogP) is 5.58. The molecule has 0 bridgehead atoms. The van der Waals surface area contributed by atoms with Gasteiger partial charge in [0, 0.05) is 5.56 Å². The van der Waals surface area contributed by atoms with E-state index in [2.05, 4.69) is 33.8 Å². The summed E-state index contributed by atoms with van der Waals surface area (Å²) in [4.78, 5) is 0. The van der Waals surface area contributed by atoms with Crippen LogP contribution in [0.3, 0.4) is 0 Å². The van der Waals surface area contributed by atoms with Crippen LogP contribution in [0, 0.1) is 5.41 Å². The molecule has 2 heteroatoms. The van der Waals surface area contributed by atoms with E-state index in [9.17, 15) is 0 Å². The number of hydrogen-bond acceptors (Lipinski definition) is 1. The lowest BCUT2D eigenvalue weighted by molar-refractivity contribution is 0.311. The molecule has 18 heavy (non-hydrogen) atoms. The summed E-state index contributed by atoms with van der Waals surface area (Å²) >= 11 is 6.52. The fraction of sp³-hybridized carbons (Fsp3) is 0.625. The van der Waals surface area contributed by atoms with Crippen molar-refractivity contribution in [2.75, 3.05) is 6.61 Å². The maximum Gasteiger partial charge on any atom is 0.123 e. The molecule has 0 radical (unpaired) electrons. The second-order valence-corrected chi connectivity index (χ2v) is 6.48. The van der Waals surface area contributed by atoms with E-state index in [0.29, 0.717) is 5.41 Å². The third-order valence-corrected chi connectivity index (χ3v) is 3.32. The van der Waals surface area contributed by atoms with Crippen molar-refractivity contribution in [2.45, 2.75) is 52.3 Å². The lowest BCUT2D eigenvalue weighted by Gasteiger charge is -2.21. The van der Waals surface area contributed by atoms with Gasteiger partial charge in [-0.15, -0.1) is 11.6 Å². The number of ether oxygens (including phenoxy) is 1. The Bertz CT molecular complexity index is 354. The highest BCUT2D eigenvalue weighted by molar-refractivity contribution is 6.21. The summed E-state index contributed by atoms with van der Waals surface area (Å²) in [5.74, 6) is 0.938. The van der Waals surface area contributed by atoms with Gasteiger partial charge in [0.25, 0.3) is 0 Å². The number of alkyl halides is 1. The molecule has 0 N–H and O–H groups in total. The van der Waals surface area contributed by atoms with Crippen LogP contribution in [0.25, 0.3) is 0 Å². The number of halogens is 1. The van der Waals surface area contributed by atoms with E-state index in [1.165, 1.54) is 0 Å². The van der Waals surface area contributed by atoms with Crippen LogP contribution in [-0.2, 0) is 0 Å². The van der Waals surface area contributed by atoms with Crippen LogP contribution < -0.4 is 4.74 Å². The van der Waals surface area contributed by atoms with Gasteiger partial charge in [-0.2, -0.15) is 0 Å². The maximum absolute atomic E-state index is 6.52. The minimum atomic E-state index is 0.0391. The minimum absolute atomic E-state index is 0.0391. The Morgan fingerprint density at radius 2 is 1.89 bits per heavy atom. The molecule has 0 saturated carbocycles.